The van der Waals surface area contributed by atoms with Gasteiger partial charge in [0.2, 0.25) is 10.0 Å². The van der Waals surface area contributed by atoms with Crippen molar-refractivity contribution in [2.45, 2.75) is 37.2 Å². The molecule has 1 aromatic rings. The summed E-state index contributed by atoms with van der Waals surface area (Å²) in [7, 11) is -3.42. The molecular weight excluding hydrogens is 342 g/mol. The van der Waals surface area contributed by atoms with E-state index in [0.717, 1.165) is 23.7 Å². The summed E-state index contributed by atoms with van der Waals surface area (Å²) in [5.41, 5.74) is 0. The first kappa shape index (κ1) is 15.9. The minimum absolute atomic E-state index is 0.0191. The highest BCUT2D eigenvalue weighted by atomic mass is 79.9. The van der Waals surface area contributed by atoms with Crippen molar-refractivity contribution in [1.82, 2.24) is 4.31 Å². The standard InChI is InChI=1S/C14H20BrNO3S/c1-2-9-19-13-6-4-8-16(11-13)20(17,18)14-7-3-5-12(15)10-14/h3,5,7,10,13H,2,4,6,8-9,11H2,1H3. The van der Waals surface area contributed by atoms with Crippen molar-refractivity contribution in [3.8, 4) is 0 Å². The molecule has 0 bridgehead atoms. The number of hydrogen-bond acceptors (Lipinski definition) is 3. The van der Waals surface area contributed by atoms with Gasteiger partial charge in [0.1, 0.15) is 0 Å². The fraction of sp³-hybridized carbons (Fsp3) is 0.571. The van der Waals surface area contributed by atoms with Gasteiger partial charge in [-0.05, 0) is 37.5 Å². The molecule has 1 aliphatic heterocycles. The van der Waals surface area contributed by atoms with Crippen LogP contribution >= 0.6 is 15.9 Å². The SMILES string of the molecule is CCCOC1CCCN(S(=O)(=O)c2cccc(Br)c2)C1. The van der Waals surface area contributed by atoms with Gasteiger partial charge in [0.05, 0.1) is 11.0 Å². The Hall–Kier alpha value is -0.430. The number of piperidine rings is 1. The molecule has 1 saturated heterocycles. The van der Waals surface area contributed by atoms with Gasteiger partial charge in [0, 0.05) is 24.2 Å². The average Bonchev–Trinajstić information content (AvgIpc) is 2.45. The third-order valence-corrected chi connectivity index (χ3v) is 5.69. The summed E-state index contributed by atoms with van der Waals surface area (Å²) in [6.07, 6.45) is 2.76. The van der Waals surface area contributed by atoms with Crippen LogP contribution in [0.2, 0.25) is 0 Å². The highest BCUT2D eigenvalue weighted by Gasteiger charge is 2.30. The molecule has 0 aromatic heterocycles. The lowest BCUT2D eigenvalue weighted by Crippen LogP contribution is -2.43. The maximum absolute atomic E-state index is 12.6. The van der Waals surface area contributed by atoms with Gasteiger partial charge in [-0.3, -0.25) is 0 Å². The van der Waals surface area contributed by atoms with Crippen LogP contribution in [0.3, 0.4) is 0 Å². The molecule has 1 heterocycles. The number of sulfonamides is 1. The van der Waals surface area contributed by atoms with E-state index in [1.165, 1.54) is 0 Å². The van der Waals surface area contributed by atoms with Gasteiger partial charge in [0.25, 0.3) is 0 Å². The second kappa shape index (κ2) is 7.02. The topological polar surface area (TPSA) is 46.6 Å². The molecule has 1 fully saturated rings. The fourth-order valence-corrected chi connectivity index (χ4v) is 4.43. The van der Waals surface area contributed by atoms with Crippen molar-refractivity contribution >= 4 is 26.0 Å². The molecule has 6 heteroatoms. The summed E-state index contributed by atoms with van der Waals surface area (Å²) in [6, 6.07) is 6.84. The van der Waals surface area contributed by atoms with Crippen LogP contribution in [0.25, 0.3) is 0 Å². The van der Waals surface area contributed by atoms with E-state index in [1.54, 1.807) is 22.5 Å². The molecule has 0 saturated carbocycles. The van der Waals surface area contributed by atoms with Crippen LogP contribution in [0.5, 0.6) is 0 Å². The van der Waals surface area contributed by atoms with E-state index in [2.05, 4.69) is 22.9 Å². The Balaban J connectivity index is 2.13. The predicted octanol–water partition coefficient (Wildman–Crippen LogP) is 3.03. The first-order valence-corrected chi connectivity index (χ1v) is 9.14. The second-order valence-electron chi connectivity index (χ2n) is 4.96. The van der Waals surface area contributed by atoms with Gasteiger partial charge in [0.15, 0.2) is 0 Å². The lowest BCUT2D eigenvalue weighted by atomic mass is 10.1. The smallest absolute Gasteiger partial charge is 0.243 e. The highest BCUT2D eigenvalue weighted by Crippen LogP contribution is 2.24. The third-order valence-electron chi connectivity index (χ3n) is 3.33. The van der Waals surface area contributed by atoms with Crippen molar-refractivity contribution in [1.29, 1.82) is 0 Å². The fourth-order valence-electron chi connectivity index (χ4n) is 2.32. The van der Waals surface area contributed by atoms with Gasteiger partial charge < -0.3 is 4.74 Å². The number of hydrogen-bond donors (Lipinski definition) is 0. The minimum Gasteiger partial charge on any atom is -0.377 e. The first-order chi connectivity index (χ1) is 9.54. The van der Waals surface area contributed by atoms with E-state index in [1.807, 2.05) is 6.07 Å². The van der Waals surface area contributed by atoms with Gasteiger partial charge in [-0.15, -0.1) is 0 Å². The van der Waals surface area contributed by atoms with Gasteiger partial charge in [-0.1, -0.05) is 28.9 Å². The Morgan fingerprint density at radius 1 is 1.45 bits per heavy atom. The van der Waals surface area contributed by atoms with Crippen LogP contribution in [0.15, 0.2) is 33.6 Å². The van der Waals surface area contributed by atoms with Crippen molar-refractivity contribution < 1.29 is 13.2 Å². The third kappa shape index (κ3) is 3.81. The van der Waals surface area contributed by atoms with Crippen LogP contribution in [0, 0.1) is 0 Å². The Morgan fingerprint density at radius 3 is 2.95 bits per heavy atom. The monoisotopic (exact) mass is 361 g/mol. The maximum Gasteiger partial charge on any atom is 0.243 e. The van der Waals surface area contributed by atoms with E-state index in [4.69, 9.17) is 4.74 Å². The van der Waals surface area contributed by atoms with Crippen molar-refractivity contribution in [2.24, 2.45) is 0 Å². The average molecular weight is 362 g/mol. The molecule has 0 aliphatic carbocycles. The molecule has 1 aromatic carbocycles. The zero-order valence-electron chi connectivity index (χ0n) is 11.6. The van der Waals surface area contributed by atoms with E-state index >= 15 is 0 Å². The van der Waals surface area contributed by atoms with E-state index in [-0.39, 0.29) is 6.10 Å². The van der Waals surface area contributed by atoms with E-state index < -0.39 is 10.0 Å². The molecule has 0 spiro atoms. The highest BCUT2D eigenvalue weighted by molar-refractivity contribution is 9.10. The normalized spacial score (nSPS) is 21.0. The molecule has 1 atom stereocenters. The zero-order chi connectivity index (χ0) is 14.6. The zero-order valence-corrected chi connectivity index (χ0v) is 14.0. The van der Waals surface area contributed by atoms with Crippen molar-refractivity contribution in [3.05, 3.63) is 28.7 Å². The quantitative estimate of drug-likeness (QED) is 0.809. The van der Waals surface area contributed by atoms with E-state index in [9.17, 15) is 8.42 Å². The Bertz CT molecular complexity index is 547. The summed E-state index contributed by atoms with van der Waals surface area (Å²) in [6.45, 7) is 3.77. The molecule has 4 nitrogen and oxygen atoms in total. The van der Waals surface area contributed by atoms with Gasteiger partial charge >= 0.3 is 0 Å². The Morgan fingerprint density at radius 2 is 2.25 bits per heavy atom. The second-order valence-corrected chi connectivity index (χ2v) is 7.81. The number of benzene rings is 1. The van der Waals surface area contributed by atoms with Crippen LogP contribution in [0.1, 0.15) is 26.2 Å². The van der Waals surface area contributed by atoms with Crippen LogP contribution in [0.4, 0.5) is 0 Å². The van der Waals surface area contributed by atoms with Gasteiger partial charge in [-0.2, -0.15) is 4.31 Å². The van der Waals surface area contributed by atoms with Crippen LogP contribution < -0.4 is 0 Å². The molecule has 1 aliphatic rings. The van der Waals surface area contributed by atoms with Crippen molar-refractivity contribution in [3.63, 3.8) is 0 Å². The summed E-state index contributed by atoms with van der Waals surface area (Å²) in [5.74, 6) is 0. The summed E-state index contributed by atoms with van der Waals surface area (Å²) in [5, 5.41) is 0. The molecule has 0 amide bonds. The lowest BCUT2D eigenvalue weighted by molar-refractivity contribution is 0.0193. The number of ether oxygens (including phenoxy) is 1. The molecule has 2 rings (SSSR count). The molecule has 112 valence electrons. The predicted molar refractivity (Wildman–Crippen MR) is 82.2 cm³/mol. The van der Waals surface area contributed by atoms with Crippen molar-refractivity contribution in [2.75, 3.05) is 19.7 Å². The number of halogens is 1. The Labute approximate surface area is 129 Å². The largest absolute Gasteiger partial charge is 0.377 e. The lowest BCUT2D eigenvalue weighted by Gasteiger charge is -2.31. The van der Waals surface area contributed by atoms with Crippen LogP contribution in [-0.4, -0.2) is 38.5 Å². The van der Waals surface area contributed by atoms with E-state index in [0.29, 0.717) is 24.6 Å². The minimum atomic E-state index is -3.42. The number of nitrogens with zero attached hydrogens (tertiary/aromatic N) is 1. The number of rotatable bonds is 5. The molecule has 0 radical (unpaired) electrons. The van der Waals surface area contributed by atoms with Gasteiger partial charge in [-0.25, -0.2) is 8.42 Å². The Kier molecular flexibility index (Phi) is 5.60. The van der Waals surface area contributed by atoms with Crippen LogP contribution in [-0.2, 0) is 14.8 Å². The maximum atomic E-state index is 12.6. The first-order valence-electron chi connectivity index (χ1n) is 6.91. The summed E-state index contributed by atoms with van der Waals surface area (Å²) in [4.78, 5) is 0.336. The summed E-state index contributed by atoms with van der Waals surface area (Å²) >= 11 is 3.32. The summed E-state index contributed by atoms with van der Waals surface area (Å²) < 4.78 is 33.2. The molecule has 1 unspecified atom stereocenters. The molecule has 20 heavy (non-hydrogen) atoms. The molecular formula is C14H20BrNO3S. The molecule has 0 N–H and O–H groups in total.